The van der Waals surface area contributed by atoms with Crippen molar-refractivity contribution in [3.05, 3.63) is 59.6 Å². The number of carbonyl (C=O) groups excluding carboxylic acids is 1. The fourth-order valence-corrected chi connectivity index (χ4v) is 1.62. The molecular formula is C14H17ClN2O2. The summed E-state index contributed by atoms with van der Waals surface area (Å²) in [5, 5.41) is 0.0218. The van der Waals surface area contributed by atoms with Crippen LogP contribution in [-0.2, 0) is 16.1 Å². The highest BCUT2D eigenvalue weighted by molar-refractivity contribution is 6.29. The average molecular weight is 281 g/mol. The van der Waals surface area contributed by atoms with Crippen molar-refractivity contribution in [1.82, 2.24) is 4.90 Å². The van der Waals surface area contributed by atoms with Crippen molar-refractivity contribution in [2.75, 3.05) is 6.61 Å². The van der Waals surface area contributed by atoms with Crippen molar-refractivity contribution in [3.8, 4) is 0 Å². The topological polar surface area (TPSA) is 55.6 Å². The van der Waals surface area contributed by atoms with Crippen LogP contribution in [-0.4, -0.2) is 17.4 Å². The van der Waals surface area contributed by atoms with Gasteiger partial charge < -0.3 is 15.4 Å². The second kappa shape index (κ2) is 7.48. The van der Waals surface area contributed by atoms with Gasteiger partial charge >= 0.3 is 0 Å². The van der Waals surface area contributed by atoms with Crippen LogP contribution in [0.5, 0.6) is 0 Å². The number of rotatable bonds is 6. The molecule has 0 aliphatic rings. The minimum Gasteiger partial charge on any atom is -0.489 e. The van der Waals surface area contributed by atoms with Crippen LogP contribution in [0.15, 0.2) is 54.0 Å². The maximum Gasteiger partial charge on any atom is 0.292 e. The van der Waals surface area contributed by atoms with Gasteiger partial charge in [0, 0.05) is 6.20 Å². The zero-order valence-corrected chi connectivity index (χ0v) is 11.6. The van der Waals surface area contributed by atoms with Gasteiger partial charge in [0.05, 0.1) is 13.2 Å². The van der Waals surface area contributed by atoms with E-state index in [1.165, 1.54) is 11.1 Å². The Balaban J connectivity index is 2.87. The lowest BCUT2D eigenvalue weighted by atomic mass is 10.2. The summed E-state index contributed by atoms with van der Waals surface area (Å²) in [7, 11) is 0. The maximum atomic E-state index is 12.1. The predicted octanol–water partition coefficient (Wildman–Crippen LogP) is 2.56. The molecule has 4 nitrogen and oxygen atoms in total. The van der Waals surface area contributed by atoms with E-state index in [4.69, 9.17) is 22.1 Å². The fourth-order valence-electron chi connectivity index (χ4n) is 1.50. The fraction of sp³-hybridized carbons (Fsp3) is 0.214. The third-order valence-corrected chi connectivity index (χ3v) is 2.39. The first-order chi connectivity index (χ1) is 9.04. The number of hydrogen-bond donors (Lipinski definition) is 1. The molecule has 0 aliphatic carbocycles. The van der Waals surface area contributed by atoms with Crippen LogP contribution in [0.25, 0.3) is 0 Å². The lowest BCUT2D eigenvalue weighted by Crippen LogP contribution is -2.28. The molecule has 0 radical (unpaired) electrons. The Morgan fingerprint density at radius 1 is 1.47 bits per heavy atom. The molecule has 2 N–H and O–H groups in total. The molecule has 1 aromatic rings. The predicted molar refractivity (Wildman–Crippen MR) is 75.9 cm³/mol. The highest BCUT2D eigenvalue weighted by atomic mass is 35.5. The Bertz CT molecular complexity index is 468. The van der Waals surface area contributed by atoms with Crippen LogP contribution in [0.3, 0.4) is 0 Å². The van der Waals surface area contributed by atoms with Gasteiger partial charge in [-0.2, -0.15) is 0 Å². The van der Waals surface area contributed by atoms with E-state index < -0.39 is 0 Å². The monoisotopic (exact) mass is 280 g/mol. The molecule has 0 atom stereocenters. The molecule has 0 saturated heterocycles. The molecule has 102 valence electrons. The van der Waals surface area contributed by atoms with Crippen molar-refractivity contribution in [2.24, 2.45) is 5.73 Å². The first-order valence-electron chi connectivity index (χ1n) is 5.84. The summed E-state index contributed by atoms with van der Waals surface area (Å²) in [5.41, 5.74) is 6.37. The lowest BCUT2D eigenvalue weighted by molar-refractivity contribution is -0.128. The Morgan fingerprint density at radius 2 is 2.11 bits per heavy atom. The van der Waals surface area contributed by atoms with E-state index in [2.05, 4.69) is 6.58 Å². The van der Waals surface area contributed by atoms with Gasteiger partial charge in [0.2, 0.25) is 0 Å². The van der Waals surface area contributed by atoms with E-state index in [1.54, 1.807) is 6.92 Å². The molecule has 0 heterocycles. The van der Waals surface area contributed by atoms with Crippen LogP contribution in [0.1, 0.15) is 12.5 Å². The Morgan fingerprint density at radius 3 is 2.63 bits per heavy atom. The number of benzene rings is 1. The van der Waals surface area contributed by atoms with Crippen LogP contribution >= 0.6 is 11.6 Å². The number of nitrogens with zero attached hydrogens (tertiary/aromatic N) is 1. The first-order valence-corrected chi connectivity index (χ1v) is 6.21. The van der Waals surface area contributed by atoms with Crippen molar-refractivity contribution in [2.45, 2.75) is 13.5 Å². The van der Waals surface area contributed by atoms with E-state index in [1.807, 2.05) is 30.3 Å². The lowest BCUT2D eigenvalue weighted by Gasteiger charge is -2.19. The molecule has 19 heavy (non-hydrogen) atoms. The van der Waals surface area contributed by atoms with Gasteiger partial charge in [-0.25, -0.2) is 0 Å². The van der Waals surface area contributed by atoms with Crippen molar-refractivity contribution >= 4 is 17.5 Å². The zero-order chi connectivity index (χ0) is 14.3. The molecule has 5 heteroatoms. The van der Waals surface area contributed by atoms with E-state index in [0.29, 0.717) is 13.2 Å². The summed E-state index contributed by atoms with van der Waals surface area (Å²) < 4.78 is 5.11. The molecule has 0 spiro atoms. The molecule has 0 unspecified atom stereocenters. The van der Waals surface area contributed by atoms with Gasteiger partial charge in [-0.15, -0.1) is 0 Å². The number of nitrogens with two attached hydrogens (primary N) is 1. The number of halogens is 1. The number of hydrogen-bond acceptors (Lipinski definition) is 3. The van der Waals surface area contributed by atoms with Gasteiger partial charge in [-0.3, -0.25) is 4.79 Å². The molecule has 0 saturated carbocycles. The highest BCUT2D eigenvalue weighted by Crippen LogP contribution is 2.11. The first kappa shape index (κ1) is 15.1. The molecular weight excluding hydrogens is 264 g/mol. The summed E-state index contributed by atoms with van der Waals surface area (Å²) in [4.78, 5) is 13.5. The quantitative estimate of drug-likeness (QED) is 0.495. The minimum absolute atomic E-state index is 0.0218. The van der Waals surface area contributed by atoms with Crippen LogP contribution in [0.4, 0.5) is 0 Å². The summed E-state index contributed by atoms with van der Waals surface area (Å²) >= 11 is 5.64. The van der Waals surface area contributed by atoms with Gasteiger partial charge in [0.25, 0.3) is 5.91 Å². The molecule has 0 fully saturated rings. The number of carbonyl (C=O) groups is 1. The van der Waals surface area contributed by atoms with Gasteiger partial charge in [-0.1, -0.05) is 48.5 Å². The summed E-state index contributed by atoms with van der Waals surface area (Å²) in [6.45, 7) is 6.10. The third-order valence-electron chi connectivity index (χ3n) is 2.29. The smallest absolute Gasteiger partial charge is 0.292 e. The van der Waals surface area contributed by atoms with E-state index in [9.17, 15) is 4.79 Å². The van der Waals surface area contributed by atoms with Gasteiger partial charge in [0.15, 0.2) is 5.76 Å². The SMILES string of the molecule is C=C(OCC)C(=O)N(/C=C(\N)Cl)Cc1ccccc1. The summed E-state index contributed by atoms with van der Waals surface area (Å²) in [6, 6.07) is 9.50. The largest absolute Gasteiger partial charge is 0.489 e. The second-order valence-electron chi connectivity index (χ2n) is 3.79. The van der Waals surface area contributed by atoms with Gasteiger partial charge in [0.1, 0.15) is 5.16 Å². The summed E-state index contributed by atoms with van der Waals surface area (Å²) in [5.74, 6) is -0.304. The van der Waals surface area contributed by atoms with Crippen LogP contribution in [0.2, 0.25) is 0 Å². The minimum atomic E-state index is -0.366. The Kier molecular flexibility index (Phi) is 5.96. The Hall–Kier alpha value is -1.94. The summed E-state index contributed by atoms with van der Waals surface area (Å²) in [6.07, 6.45) is 1.36. The van der Waals surface area contributed by atoms with Crippen molar-refractivity contribution in [3.63, 3.8) is 0 Å². The normalized spacial score (nSPS) is 10.9. The van der Waals surface area contributed by atoms with E-state index in [-0.39, 0.29) is 16.8 Å². The van der Waals surface area contributed by atoms with Crippen molar-refractivity contribution in [1.29, 1.82) is 0 Å². The van der Waals surface area contributed by atoms with Crippen LogP contribution < -0.4 is 5.73 Å². The molecule has 1 amide bonds. The Labute approximate surface area is 118 Å². The second-order valence-corrected chi connectivity index (χ2v) is 4.23. The zero-order valence-electron chi connectivity index (χ0n) is 10.8. The number of ether oxygens (including phenoxy) is 1. The third kappa shape index (κ3) is 5.06. The van der Waals surface area contributed by atoms with Gasteiger partial charge in [-0.05, 0) is 12.5 Å². The van der Waals surface area contributed by atoms with E-state index in [0.717, 1.165) is 5.56 Å². The highest BCUT2D eigenvalue weighted by Gasteiger charge is 2.16. The van der Waals surface area contributed by atoms with Crippen LogP contribution in [0, 0.1) is 0 Å². The van der Waals surface area contributed by atoms with E-state index >= 15 is 0 Å². The van der Waals surface area contributed by atoms with Crippen molar-refractivity contribution < 1.29 is 9.53 Å². The average Bonchev–Trinajstić information content (AvgIpc) is 2.38. The molecule has 1 aromatic carbocycles. The molecule has 0 bridgehead atoms. The molecule has 1 rings (SSSR count). The standard InChI is InChI=1S/C14H17ClN2O2/c1-3-19-11(2)14(18)17(10-13(15)16)9-12-7-5-4-6-8-12/h4-8,10H,2-3,9,16H2,1H3/b13-10-. The number of amides is 1. The molecule has 0 aromatic heterocycles. The molecule has 0 aliphatic heterocycles. The maximum absolute atomic E-state index is 12.1.